The molecule has 2 atom stereocenters. The van der Waals surface area contributed by atoms with Gasteiger partial charge in [0.1, 0.15) is 6.23 Å². The molecule has 0 saturated carbocycles. The number of amides is 1. The van der Waals surface area contributed by atoms with Gasteiger partial charge in [0.25, 0.3) is 5.91 Å². The highest BCUT2D eigenvalue weighted by molar-refractivity contribution is 8.00. The first-order chi connectivity index (χ1) is 7.33. The van der Waals surface area contributed by atoms with Crippen LogP contribution in [0.4, 0.5) is 0 Å². The first-order valence-corrected chi connectivity index (χ1v) is 5.83. The van der Waals surface area contributed by atoms with Crippen LogP contribution < -0.4 is 5.32 Å². The van der Waals surface area contributed by atoms with Crippen LogP contribution in [-0.2, 0) is 14.3 Å². The highest BCUT2D eigenvalue weighted by Gasteiger charge is 2.45. The second-order valence-corrected chi connectivity index (χ2v) is 4.28. The Morgan fingerprint density at radius 2 is 2.53 bits per heavy atom. The van der Waals surface area contributed by atoms with Crippen molar-refractivity contribution in [3.05, 3.63) is 0 Å². The molecule has 2 fully saturated rings. The summed E-state index contributed by atoms with van der Waals surface area (Å²) in [4.78, 5) is 12.7. The predicted molar refractivity (Wildman–Crippen MR) is 53.9 cm³/mol. The molecule has 7 heteroatoms. The van der Waals surface area contributed by atoms with Gasteiger partial charge in [-0.1, -0.05) is 11.8 Å². The third-order valence-electron chi connectivity index (χ3n) is 2.11. The molecule has 0 spiro atoms. The van der Waals surface area contributed by atoms with Crippen LogP contribution in [0.5, 0.6) is 0 Å². The highest BCUT2D eigenvalue weighted by atomic mass is 32.2. The number of aliphatic hydroxyl groups excluding tert-OH is 1. The minimum atomic E-state index is -0.116. The monoisotopic (exact) mass is 234 g/mol. The van der Waals surface area contributed by atoms with E-state index in [9.17, 15) is 4.79 Å². The molecule has 0 bridgehead atoms. The van der Waals surface area contributed by atoms with E-state index in [1.54, 1.807) is 4.90 Å². The van der Waals surface area contributed by atoms with Crippen LogP contribution in [0.15, 0.2) is 0 Å². The van der Waals surface area contributed by atoms with E-state index in [2.05, 4.69) is 5.32 Å². The molecule has 2 saturated heterocycles. The van der Waals surface area contributed by atoms with Gasteiger partial charge in [0.2, 0.25) is 0 Å². The van der Waals surface area contributed by atoms with Crippen molar-refractivity contribution in [2.24, 2.45) is 0 Å². The van der Waals surface area contributed by atoms with E-state index < -0.39 is 0 Å². The standard InChI is InChI=1S/C8H14N2O4S/c11-2-1-10-7(12)8(10)15-5-13-4-9-6-3-14-6/h6,8-9,11H,1-5H2. The smallest absolute Gasteiger partial charge is 0.257 e. The lowest BCUT2D eigenvalue weighted by Gasteiger charge is -2.03. The van der Waals surface area contributed by atoms with E-state index in [0.717, 1.165) is 6.61 Å². The number of hydrogen-bond donors (Lipinski definition) is 2. The zero-order valence-electron chi connectivity index (χ0n) is 8.22. The normalized spacial score (nSPS) is 28.3. The Morgan fingerprint density at radius 1 is 1.73 bits per heavy atom. The number of nitrogens with zero attached hydrogens (tertiary/aromatic N) is 1. The Balaban J connectivity index is 1.45. The average molecular weight is 234 g/mol. The molecule has 6 nitrogen and oxygen atoms in total. The molecule has 0 aliphatic carbocycles. The van der Waals surface area contributed by atoms with Gasteiger partial charge in [-0.2, -0.15) is 0 Å². The quantitative estimate of drug-likeness (QED) is 0.311. The Hall–Kier alpha value is -0.340. The third kappa shape index (κ3) is 3.32. The van der Waals surface area contributed by atoms with Crippen molar-refractivity contribution < 1.29 is 19.4 Å². The lowest BCUT2D eigenvalue weighted by molar-refractivity contribution is -0.113. The van der Waals surface area contributed by atoms with Crippen molar-refractivity contribution in [3.8, 4) is 0 Å². The maximum Gasteiger partial charge on any atom is 0.257 e. The van der Waals surface area contributed by atoms with Crippen molar-refractivity contribution in [1.82, 2.24) is 10.2 Å². The number of carbonyl (C=O) groups excluding carboxylic acids is 1. The zero-order valence-corrected chi connectivity index (χ0v) is 9.03. The van der Waals surface area contributed by atoms with Crippen LogP contribution in [0.3, 0.4) is 0 Å². The number of thioether (sulfide) groups is 1. The molecular weight excluding hydrogens is 220 g/mol. The van der Waals surface area contributed by atoms with Crippen molar-refractivity contribution in [3.63, 3.8) is 0 Å². The third-order valence-corrected chi connectivity index (χ3v) is 3.18. The first kappa shape index (κ1) is 11.2. The van der Waals surface area contributed by atoms with Gasteiger partial charge in [0.15, 0.2) is 5.37 Å². The van der Waals surface area contributed by atoms with Crippen molar-refractivity contribution in [2.45, 2.75) is 11.6 Å². The van der Waals surface area contributed by atoms with Crippen LogP contribution in [-0.4, -0.2) is 59.9 Å². The van der Waals surface area contributed by atoms with Crippen LogP contribution in [0.1, 0.15) is 0 Å². The van der Waals surface area contributed by atoms with E-state index in [1.165, 1.54) is 11.8 Å². The van der Waals surface area contributed by atoms with Crippen LogP contribution >= 0.6 is 11.8 Å². The molecule has 0 aromatic carbocycles. The van der Waals surface area contributed by atoms with Gasteiger partial charge in [-0.25, -0.2) is 0 Å². The fraction of sp³-hybridized carbons (Fsp3) is 0.875. The van der Waals surface area contributed by atoms with Gasteiger partial charge in [-0.05, 0) is 0 Å². The van der Waals surface area contributed by atoms with Crippen LogP contribution in [0.25, 0.3) is 0 Å². The zero-order chi connectivity index (χ0) is 10.7. The molecule has 2 heterocycles. The number of epoxide rings is 1. The molecule has 0 aromatic rings. The fourth-order valence-corrected chi connectivity index (χ4v) is 2.08. The molecule has 0 aromatic heterocycles. The van der Waals surface area contributed by atoms with E-state index in [-0.39, 0.29) is 24.1 Å². The van der Waals surface area contributed by atoms with Crippen molar-refractivity contribution in [2.75, 3.05) is 32.4 Å². The summed E-state index contributed by atoms with van der Waals surface area (Å²) < 4.78 is 10.2. The summed E-state index contributed by atoms with van der Waals surface area (Å²) in [5, 5.41) is 11.5. The summed E-state index contributed by atoms with van der Waals surface area (Å²) in [5.74, 6) is 0.550. The fourth-order valence-electron chi connectivity index (χ4n) is 1.16. The molecule has 2 rings (SSSR count). The second-order valence-electron chi connectivity index (χ2n) is 3.27. The van der Waals surface area contributed by atoms with Gasteiger partial charge in [-0.3, -0.25) is 10.1 Å². The Morgan fingerprint density at radius 3 is 3.20 bits per heavy atom. The molecule has 2 aliphatic rings. The summed E-state index contributed by atoms with van der Waals surface area (Å²) in [6.45, 7) is 1.63. The molecular formula is C8H14N2O4S. The van der Waals surface area contributed by atoms with Gasteiger partial charge in [0, 0.05) is 6.54 Å². The van der Waals surface area contributed by atoms with Gasteiger partial charge in [0.05, 0.1) is 25.9 Å². The largest absolute Gasteiger partial charge is 0.395 e. The SMILES string of the molecule is O=C1C(SCOCNC2CO2)N1CCO. The number of nitrogens with one attached hydrogen (secondary N) is 1. The maximum atomic E-state index is 11.1. The molecule has 2 aliphatic heterocycles. The minimum absolute atomic E-state index is 0.0181. The van der Waals surface area contributed by atoms with E-state index in [4.69, 9.17) is 14.6 Å². The molecule has 2 unspecified atom stereocenters. The summed E-state index contributed by atoms with van der Waals surface area (Å²) in [5.41, 5.74) is 0. The van der Waals surface area contributed by atoms with Crippen molar-refractivity contribution in [1.29, 1.82) is 0 Å². The lowest BCUT2D eigenvalue weighted by atomic mass is 10.7. The molecule has 15 heavy (non-hydrogen) atoms. The summed E-state index contributed by atoms with van der Waals surface area (Å²) >= 11 is 1.43. The number of aliphatic hydroxyl groups is 1. The number of carbonyl (C=O) groups is 1. The molecule has 86 valence electrons. The number of hydrogen-bond acceptors (Lipinski definition) is 6. The van der Waals surface area contributed by atoms with Crippen LogP contribution in [0, 0.1) is 0 Å². The Kier molecular flexibility index (Phi) is 3.81. The summed E-state index contributed by atoms with van der Waals surface area (Å²) in [7, 11) is 0. The maximum absolute atomic E-state index is 11.1. The molecule has 0 radical (unpaired) electrons. The number of β-amino-alcohol motifs (C(OH)–C–C–N with tert-alkyl or cyclic N) is 1. The number of rotatable bonds is 8. The summed E-state index contributed by atoms with van der Waals surface area (Å²) in [6, 6.07) is 0. The molecule has 1 amide bonds. The second kappa shape index (κ2) is 5.13. The predicted octanol–water partition coefficient (Wildman–Crippen LogP) is -1.24. The summed E-state index contributed by atoms with van der Waals surface area (Å²) in [6.07, 6.45) is 0.156. The van der Waals surface area contributed by atoms with Gasteiger partial charge >= 0.3 is 0 Å². The first-order valence-electron chi connectivity index (χ1n) is 4.78. The van der Waals surface area contributed by atoms with E-state index in [0.29, 0.717) is 19.2 Å². The lowest BCUT2D eigenvalue weighted by Crippen LogP contribution is -2.21. The average Bonchev–Trinajstić information content (AvgIpc) is 3.11. The van der Waals surface area contributed by atoms with Gasteiger partial charge in [-0.15, -0.1) is 0 Å². The van der Waals surface area contributed by atoms with Crippen LogP contribution in [0.2, 0.25) is 0 Å². The molecule has 2 N–H and O–H groups in total. The van der Waals surface area contributed by atoms with Gasteiger partial charge < -0.3 is 19.5 Å². The highest BCUT2D eigenvalue weighted by Crippen LogP contribution is 2.30. The van der Waals surface area contributed by atoms with E-state index >= 15 is 0 Å². The number of ether oxygens (including phenoxy) is 2. The van der Waals surface area contributed by atoms with E-state index in [1.807, 2.05) is 0 Å². The van der Waals surface area contributed by atoms with Crippen molar-refractivity contribution >= 4 is 17.7 Å². The minimum Gasteiger partial charge on any atom is -0.395 e. The Bertz CT molecular complexity index is 237. The Labute approximate surface area is 91.9 Å². The topological polar surface area (TPSA) is 74.1 Å².